The SMILES string of the molecule is CNc1cc(SCCCOC)nc(C)n1. The van der Waals surface area contributed by atoms with E-state index < -0.39 is 0 Å². The summed E-state index contributed by atoms with van der Waals surface area (Å²) in [5.74, 6) is 2.70. The Hall–Kier alpha value is -0.810. The Kier molecular flexibility index (Phi) is 5.42. The molecular weight excluding hydrogens is 210 g/mol. The second kappa shape index (κ2) is 6.63. The van der Waals surface area contributed by atoms with Crippen LogP contribution in [0.1, 0.15) is 12.2 Å². The number of aryl methyl sites for hydroxylation is 1. The first-order chi connectivity index (χ1) is 7.26. The van der Waals surface area contributed by atoms with Crippen molar-refractivity contribution in [1.29, 1.82) is 0 Å². The van der Waals surface area contributed by atoms with Gasteiger partial charge >= 0.3 is 0 Å². The monoisotopic (exact) mass is 227 g/mol. The van der Waals surface area contributed by atoms with Crippen LogP contribution in [-0.4, -0.2) is 36.5 Å². The zero-order valence-electron chi connectivity index (χ0n) is 9.41. The predicted molar refractivity (Wildman–Crippen MR) is 63.5 cm³/mol. The number of methoxy groups -OCH3 is 1. The number of hydrogen-bond donors (Lipinski definition) is 1. The lowest BCUT2D eigenvalue weighted by Crippen LogP contribution is -1.98. The standard InChI is InChI=1S/C10H17N3OS/c1-8-12-9(11-2)7-10(13-8)15-6-4-5-14-3/h7H,4-6H2,1-3H3,(H,11,12,13). The maximum Gasteiger partial charge on any atom is 0.130 e. The maximum absolute atomic E-state index is 4.99. The van der Waals surface area contributed by atoms with Crippen LogP contribution in [0.5, 0.6) is 0 Å². The molecule has 15 heavy (non-hydrogen) atoms. The van der Waals surface area contributed by atoms with Gasteiger partial charge in [-0.15, -0.1) is 11.8 Å². The van der Waals surface area contributed by atoms with Crippen molar-refractivity contribution in [3.8, 4) is 0 Å². The van der Waals surface area contributed by atoms with Crippen molar-refractivity contribution >= 4 is 17.6 Å². The third kappa shape index (κ3) is 4.48. The van der Waals surface area contributed by atoms with Gasteiger partial charge in [0.05, 0.1) is 0 Å². The van der Waals surface area contributed by atoms with Crippen LogP contribution in [-0.2, 0) is 4.74 Å². The lowest BCUT2D eigenvalue weighted by Gasteiger charge is -2.04. The third-order valence-electron chi connectivity index (χ3n) is 1.81. The first-order valence-corrected chi connectivity index (χ1v) is 5.90. The number of aromatic nitrogens is 2. The number of anilines is 1. The van der Waals surface area contributed by atoms with Gasteiger partial charge in [-0.05, 0) is 13.3 Å². The molecule has 0 spiro atoms. The minimum atomic E-state index is 0.802. The van der Waals surface area contributed by atoms with E-state index >= 15 is 0 Å². The number of ether oxygens (including phenoxy) is 1. The third-order valence-corrected chi connectivity index (χ3v) is 2.81. The molecule has 1 aromatic heterocycles. The summed E-state index contributed by atoms with van der Waals surface area (Å²) < 4.78 is 4.99. The molecule has 0 fully saturated rings. The highest BCUT2D eigenvalue weighted by molar-refractivity contribution is 7.99. The van der Waals surface area contributed by atoms with Gasteiger partial charge in [-0.3, -0.25) is 0 Å². The van der Waals surface area contributed by atoms with Crippen molar-refractivity contribution in [2.24, 2.45) is 0 Å². The number of hydrogen-bond acceptors (Lipinski definition) is 5. The molecule has 0 atom stereocenters. The highest BCUT2D eigenvalue weighted by Gasteiger charge is 2.00. The molecule has 1 heterocycles. The molecule has 0 aliphatic heterocycles. The van der Waals surface area contributed by atoms with Gasteiger partial charge in [-0.2, -0.15) is 0 Å². The Morgan fingerprint density at radius 3 is 2.93 bits per heavy atom. The van der Waals surface area contributed by atoms with Crippen LogP contribution in [0.4, 0.5) is 5.82 Å². The molecule has 0 saturated heterocycles. The summed E-state index contributed by atoms with van der Waals surface area (Å²) >= 11 is 1.73. The number of thioether (sulfide) groups is 1. The molecule has 0 bridgehead atoms. The summed E-state index contributed by atoms with van der Waals surface area (Å²) in [6.45, 7) is 2.70. The molecule has 84 valence electrons. The van der Waals surface area contributed by atoms with Gasteiger partial charge in [-0.25, -0.2) is 9.97 Å². The van der Waals surface area contributed by atoms with Crippen LogP contribution in [0.15, 0.2) is 11.1 Å². The number of nitrogens with zero attached hydrogens (tertiary/aromatic N) is 2. The molecule has 1 rings (SSSR count). The van der Waals surface area contributed by atoms with Crippen LogP contribution in [0.3, 0.4) is 0 Å². The van der Waals surface area contributed by atoms with Gasteiger partial charge in [0.1, 0.15) is 16.7 Å². The maximum atomic E-state index is 4.99. The first-order valence-electron chi connectivity index (χ1n) is 4.91. The molecule has 0 aromatic carbocycles. The van der Waals surface area contributed by atoms with E-state index in [0.29, 0.717) is 0 Å². The first kappa shape index (κ1) is 12.3. The van der Waals surface area contributed by atoms with E-state index in [4.69, 9.17) is 4.74 Å². The summed E-state index contributed by atoms with van der Waals surface area (Å²) in [7, 11) is 3.58. The summed E-state index contributed by atoms with van der Waals surface area (Å²) in [5.41, 5.74) is 0. The Bertz CT molecular complexity index is 307. The predicted octanol–water partition coefficient (Wildman–Crippen LogP) is 1.96. The van der Waals surface area contributed by atoms with Crippen LogP contribution in [0, 0.1) is 6.92 Å². The molecule has 0 aliphatic carbocycles. The quantitative estimate of drug-likeness (QED) is 0.457. The summed E-state index contributed by atoms with van der Waals surface area (Å²) in [4.78, 5) is 8.59. The van der Waals surface area contributed by atoms with E-state index in [2.05, 4.69) is 15.3 Å². The largest absolute Gasteiger partial charge is 0.385 e. The van der Waals surface area contributed by atoms with Crippen LogP contribution >= 0.6 is 11.8 Å². The number of rotatable bonds is 6. The lowest BCUT2D eigenvalue weighted by atomic mass is 10.5. The second-order valence-electron chi connectivity index (χ2n) is 3.08. The number of nitrogens with one attached hydrogen (secondary N) is 1. The highest BCUT2D eigenvalue weighted by Crippen LogP contribution is 2.18. The molecule has 4 nitrogen and oxygen atoms in total. The molecule has 5 heteroatoms. The highest BCUT2D eigenvalue weighted by atomic mass is 32.2. The van der Waals surface area contributed by atoms with Gasteiger partial charge in [0.25, 0.3) is 0 Å². The lowest BCUT2D eigenvalue weighted by molar-refractivity contribution is 0.200. The molecule has 1 aromatic rings. The Morgan fingerprint density at radius 2 is 2.27 bits per heavy atom. The minimum Gasteiger partial charge on any atom is -0.385 e. The Balaban J connectivity index is 2.49. The van der Waals surface area contributed by atoms with Gasteiger partial charge in [0.2, 0.25) is 0 Å². The van der Waals surface area contributed by atoms with Crippen molar-refractivity contribution in [3.63, 3.8) is 0 Å². The van der Waals surface area contributed by atoms with E-state index in [1.165, 1.54) is 0 Å². The topological polar surface area (TPSA) is 47.0 Å². The Morgan fingerprint density at radius 1 is 1.47 bits per heavy atom. The molecule has 1 N–H and O–H groups in total. The van der Waals surface area contributed by atoms with E-state index in [0.717, 1.165) is 35.4 Å². The second-order valence-corrected chi connectivity index (χ2v) is 4.20. The normalized spacial score (nSPS) is 10.3. The van der Waals surface area contributed by atoms with Gasteiger partial charge in [0, 0.05) is 32.6 Å². The van der Waals surface area contributed by atoms with E-state index in [9.17, 15) is 0 Å². The van der Waals surface area contributed by atoms with Crippen LogP contribution in [0.2, 0.25) is 0 Å². The fourth-order valence-electron chi connectivity index (χ4n) is 1.12. The molecule has 0 aliphatic rings. The fourth-order valence-corrected chi connectivity index (χ4v) is 1.99. The van der Waals surface area contributed by atoms with Gasteiger partial charge in [-0.1, -0.05) is 0 Å². The average Bonchev–Trinajstić information content (AvgIpc) is 2.23. The van der Waals surface area contributed by atoms with Crippen molar-refractivity contribution < 1.29 is 4.74 Å². The Labute approximate surface area is 94.8 Å². The van der Waals surface area contributed by atoms with E-state index in [1.807, 2.05) is 20.0 Å². The van der Waals surface area contributed by atoms with Crippen LogP contribution in [0.25, 0.3) is 0 Å². The van der Waals surface area contributed by atoms with Crippen molar-refractivity contribution in [2.45, 2.75) is 18.4 Å². The van der Waals surface area contributed by atoms with Crippen molar-refractivity contribution in [1.82, 2.24) is 9.97 Å². The van der Waals surface area contributed by atoms with E-state index in [1.54, 1.807) is 18.9 Å². The zero-order chi connectivity index (χ0) is 11.1. The van der Waals surface area contributed by atoms with Gasteiger partial charge < -0.3 is 10.1 Å². The van der Waals surface area contributed by atoms with Gasteiger partial charge in [0.15, 0.2) is 0 Å². The minimum absolute atomic E-state index is 0.802. The van der Waals surface area contributed by atoms with E-state index in [-0.39, 0.29) is 0 Å². The summed E-state index contributed by atoms with van der Waals surface area (Å²) in [6, 6.07) is 1.96. The zero-order valence-corrected chi connectivity index (χ0v) is 10.2. The summed E-state index contributed by atoms with van der Waals surface area (Å²) in [5, 5.41) is 4.04. The van der Waals surface area contributed by atoms with Crippen LogP contribution < -0.4 is 5.32 Å². The van der Waals surface area contributed by atoms with Crippen molar-refractivity contribution in [2.75, 3.05) is 31.8 Å². The molecule has 0 amide bonds. The smallest absolute Gasteiger partial charge is 0.130 e. The molecule has 0 saturated carbocycles. The summed E-state index contributed by atoms with van der Waals surface area (Å²) in [6.07, 6.45) is 1.04. The average molecular weight is 227 g/mol. The van der Waals surface area contributed by atoms with Crippen molar-refractivity contribution in [3.05, 3.63) is 11.9 Å². The fraction of sp³-hybridized carbons (Fsp3) is 0.600. The molecule has 0 radical (unpaired) electrons. The molecular formula is C10H17N3OS. The molecule has 0 unspecified atom stereocenters.